The fraction of sp³-hybridized carbons (Fsp3) is 0.861. The Kier molecular flexibility index (Phi) is 32.4. The molecule has 0 radical (unpaired) electrons. The maximum absolute atomic E-state index is 12.1. The molecule has 0 aromatic rings. The van der Waals surface area contributed by atoms with Gasteiger partial charge in [0.15, 0.2) is 0 Å². The van der Waals surface area contributed by atoms with E-state index in [2.05, 4.69) is 38.2 Å². The summed E-state index contributed by atoms with van der Waals surface area (Å²) in [5.74, 6) is 0.508. The summed E-state index contributed by atoms with van der Waals surface area (Å²) >= 11 is 0. The number of allylic oxidation sites excluding steroid dienone is 4. The minimum atomic E-state index is 0.508. The van der Waals surface area contributed by atoms with Crippen molar-refractivity contribution in [3.05, 3.63) is 24.3 Å². The monoisotopic (exact) mass is 517 g/mol. The van der Waals surface area contributed by atoms with E-state index in [0.29, 0.717) is 5.78 Å². The van der Waals surface area contributed by atoms with Gasteiger partial charge in [0.25, 0.3) is 0 Å². The number of ketones is 1. The van der Waals surface area contributed by atoms with E-state index in [1.807, 2.05) is 0 Å². The van der Waals surface area contributed by atoms with E-state index in [-0.39, 0.29) is 0 Å². The second-order valence-electron chi connectivity index (χ2n) is 11.6. The molecular formula is C36H68O. The smallest absolute Gasteiger partial charge is 0.132 e. The van der Waals surface area contributed by atoms with E-state index in [9.17, 15) is 4.79 Å². The van der Waals surface area contributed by atoms with Gasteiger partial charge in [0, 0.05) is 12.8 Å². The molecule has 0 atom stereocenters. The summed E-state index contributed by atoms with van der Waals surface area (Å²) in [5.41, 5.74) is 0. The predicted molar refractivity (Wildman–Crippen MR) is 169 cm³/mol. The molecule has 0 aliphatic rings. The van der Waals surface area contributed by atoms with E-state index in [1.165, 1.54) is 161 Å². The van der Waals surface area contributed by atoms with Crippen LogP contribution in [0.1, 0.15) is 200 Å². The summed E-state index contributed by atoms with van der Waals surface area (Å²) in [6.45, 7) is 4.56. The highest BCUT2D eigenvalue weighted by Crippen LogP contribution is 2.13. The first-order chi connectivity index (χ1) is 18.3. The van der Waals surface area contributed by atoms with Crippen LogP contribution in [0.4, 0.5) is 0 Å². The van der Waals surface area contributed by atoms with Gasteiger partial charge < -0.3 is 0 Å². The van der Waals surface area contributed by atoms with E-state index in [4.69, 9.17) is 0 Å². The van der Waals surface area contributed by atoms with Gasteiger partial charge in [-0.05, 0) is 64.2 Å². The number of Topliss-reactive ketones (excluding diaryl/α,β-unsaturated/α-hetero) is 1. The van der Waals surface area contributed by atoms with Gasteiger partial charge in [-0.15, -0.1) is 0 Å². The van der Waals surface area contributed by atoms with Gasteiger partial charge in [-0.25, -0.2) is 0 Å². The second-order valence-corrected chi connectivity index (χ2v) is 11.6. The van der Waals surface area contributed by atoms with Crippen LogP contribution in [0.15, 0.2) is 24.3 Å². The van der Waals surface area contributed by atoms with Crippen molar-refractivity contribution in [1.82, 2.24) is 0 Å². The average molecular weight is 517 g/mol. The van der Waals surface area contributed by atoms with Crippen LogP contribution < -0.4 is 0 Å². The number of unbranched alkanes of at least 4 members (excludes halogenated alkanes) is 23. The highest BCUT2D eigenvalue weighted by atomic mass is 16.1. The molecule has 0 N–H and O–H groups in total. The van der Waals surface area contributed by atoms with E-state index in [1.54, 1.807) is 0 Å². The zero-order valence-electron chi connectivity index (χ0n) is 25.7. The molecule has 0 saturated carbocycles. The first-order valence-corrected chi connectivity index (χ1v) is 17.1. The molecule has 0 aromatic heterocycles. The lowest BCUT2D eigenvalue weighted by molar-refractivity contribution is -0.119. The average Bonchev–Trinajstić information content (AvgIpc) is 2.90. The fourth-order valence-electron chi connectivity index (χ4n) is 5.09. The van der Waals surface area contributed by atoms with Crippen molar-refractivity contribution in [3.63, 3.8) is 0 Å². The summed E-state index contributed by atoms with van der Waals surface area (Å²) in [4.78, 5) is 12.1. The number of hydrogen-bond acceptors (Lipinski definition) is 1. The Bertz CT molecular complexity index is 489. The van der Waals surface area contributed by atoms with Crippen molar-refractivity contribution in [1.29, 1.82) is 0 Å². The third-order valence-corrected chi connectivity index (χ3v) is 7.68. The molecule has 0 amide bonds. The zero-order chi connectivity index (χ0) is 26.9. The van der Waals surface area contributed by atoms with Crippen LogP contribution in [-0.2, 0) is 4.79 Å². The standard InChI is InChI=1S/C36H68O/c1-3-5-7-9-11-13-15-17-19-21-23-25-27-29-31-33-35-36(37)34-32-30-28-26-24-22-20-18-16-14-12-10-8-6-4-2/h17-20H,3-16,21-35H2,1-2H3/b19-17-,20-18?. The molecule has 0 aliphatic carbocycles. The number of carbonyl (C=O) groups excluding carboxylic acids is 1. The molecule has 0 bridgehead atoms. The first-order valence-electron chi connectivity index (χ1n) is 17.1. The second kappa shape index (κ2) is 33.2. The molecule has 0 rings (SSSR count). The molecule has 0 spiro atoms. The van der Waals surface area contributed by atoms with E-state index < -0.39 is 0 Å². The van der Waals surface area contributed by atoms with Gasteiger partial charge in [0.1, 0.15) is 5.78 Å². The van der Waals surface area contributed by atoms with Crippen molar-refractivity contribution in [2.45, 2.75) is 200 Å². The van der Waals surface area contributed by atoms with Gasteiger partial charge in [-0.2, -0.15) is 0 Å². The van der Waals surface area contributed by atoms with Crippen molar-refractivity contribution in [2.24, 2.45) is 0 Å². The molecular weight excluding hydrogens is 448 g/mol. The Morgan fingerprint density at radius 2 is 0.595 bits per heavy atom. The van der Waals surface area contributed by atoms with E-state index in [0.717, 1.165) is 25.7 Å². The molecule has 0 aliphatic heterocycles. The van der Waals surface area contributed by atoms with E-state index >= 15 is 0 Å². The number of carbonyl (C=O) groups is 1. The lowest BCUT2D eigenvalue weighted by Crippen LogP contribution is -1.97. The topological polar surface area (TPSA) is 17.1 Å². The Morgan fingerprint density at radius 3 is 0.892 bits per heavy atom. The molecule has 1 nitrogen and oxygen atoms in total. The highest BCUT2D eigenvalue weighted by Gasteiger charge is 2.02. The van der Waals surface area contributed by atoms with Gasteiger partial charge in [-0.1, -0.05) is 147 Å². The minimum Gasteiger partial charge on any atom is -0.300 e. The summed E-state index contributed by atoms with van der Waals surface area (Å²) in [5, 5.41) is 0. The molecule has 0 aromatic carbocycles. The molecule has 0 fully saturated rings. The maximum Gasteiger partial charge on any atom is 0.132 e. The van der Waals surface area contributed by atoms with Crippen LogP contribution in [-0.4, -0.2) is 5.78 Å². The lowest BCUT2D eigenvalue weighted by atomic mass is 10.0. The van der Waals surface area contributed by atoms with Gasteiger partial charge in [0.2, 0.25) is 0 Å². The fourth-order valence-corrected chi connectivity index (χ4v) is 5.09. The quantitative estimate of drug-likeness (QED) is 0.0661. The predicted octanol–water partition coefficient (Wildman–Crippen LogP) is 13.0. The molecule has 0 heterocycles. The van der Waals surface area contributed by atoms with Crippen molar-refractivity contribution in [2.75, 3.05) is 0 Å². The molecule has 37 heavy (non-hydrogen) atoms. The first kappa shape index (κ1) is 36.1. The number of hydrogen-bond donors (Lipinski definition) is 0. The SMILES string of the molecule is CCCCCCCCC=CCCCCCCCC(=O)CCCCCCCC/C=C\CCCCCCCC. The van der Waals surface area contributed by atoms with Crippen molar-refractivity contribution < 1.29 is 4.79 Å². The van der Waals surface area contributed by atoms with Crippen LogP contribution in [0, 0.1) is 0 Å². The summed E-state index contributed by atoms with van der Waals surface area (Å²) < 4.78 is 0. The van der Waals surface area contributed by atoms with Crippen LogP contribution >= 0.6 is 0 Å². The van der Waals surface area contributed by atoms with Gasteiger partial charge in [0.05, 0.1) is 0 Å². The maximum atomic E-state index is 12.1. The van der Waals surface area contributed by atoms with Crippen molar-refractivity contribution in [3.8, 4) is 0 Å². The van der Waals surface area contributed by atoms with Crippen LogP contribution in [0.25, 0.3) is 0 Å². The largest absolute Gasteiger partial charge is 0.300 e. The normalized spacial score (nSPS) is 11.8. The van der Waals surface area contributed by atoms with Crippen LogP contribution in [0.5, 0.6) is 0 Å². The summed E-state index contributed by atoms with van der Waals surface area (Å²) in [6, 6.07) is 0. The minimum absolute atomic E-state index is 0.508. The molecule has 218 valence electrons. The Balaban J connectivity index is 3.23. The number of rotatable bonds is 31. The summed E-state index contributed by atoms with van der Waals surface area (Å²) in [6.07, 6.45) is 47.0. The molecule has 1 heteroatoms. The van der Waals surface area contributed by atoms with Crippen LogP contribution in [0.2, 0.25) is 0 Å². The Labute approximate surface area is 234 Å². The van der Waals surface area contributed by atoms with Crippen LogP contribution in [0.3, 0.4) is 0 Å². The molecule has 0 unspecified atom stereocenters. The summed E-state index contributed by atoms with van der Waals surface area (Å²) in [7, 11) is 0. The van der Waals surface area contributed by atoms with Gasteiger partial charge in [-0.3, -0.25) is 4.79 Å². The highest BCUT2D eigenvalue weighted by molar-refractivity contribution is 5.78. The third kappa shape index (κ3) is 33.1. The zero-order valence-corrected chi connectivity index (χ0v) is 25.7. The third-order valence-electron chi connectivity index (χ3n) is 7.68. The van der Waals surface area contributed by atoms with Gasteiger partial charge >= 0.3 is 0 Å². The van der Waals surface area contributed by atoms with Crippen molar-refractivity contribution >= 4 is 5.78 Å². The Morgan fingerprint density at radius 1 is 0.351 bits per heavy atom. The lowest BCUT2D eigenvalue weighted by Gasteiger charge is -2.03. The Hall–Kier alpha value is -0.850. The molecule has 0 saturated heterocycles.